The molecule has 1 atom stereocenters. The van der Waals surface area contributed by atoms with Crippen molar-refractivity contribution in [1.29, 1.82) is 0 Å². The Bertz CT molecular complexity index is 310. The van der Waals surface area contributed by atoms with Crippen LogP contribution in [0.25, 0.3) is 0 Å². The largest absolute Gasteiger partial charge is 0.316 e. The lowest BCUT2D eigenvalue weighted by molar-refractivity contribution is -0.125. The average molecular weight is 198 g/mol. The van der Waals surface area contributed by atoms with Gasteiger partial charge < -0.3 is 5.73 Å². The highest BCUT2D eigenvalue weighted by atomic mass is 19.1. The molecule has 0 bridgehead atoms. The quantitative estimate of drug-likeness (QED) is 0.634. The van der Waals surface area contributed by atoms with Crippen LogP contribution in [0, 0.1) is 0 Å². The van der Waals surface area contributed by atoms with Crippen LogP contribution in [0.2, 0.25) is 0 Å². The van der Waals surface area contributed by atoms with Crippen molar-refractivity contribution < 1.29 is 14.0 Å². The van der Waals surface area contributed by atoms with Crippen LogP contribution in [0.5, 0.6) is 0 Å². The van der Waals surface area contributed by atoms with Crippen molar-refractivity contribution in [2.75, 3.05) is 0 Å². The third-order valence-electron chi connectivity index (χ3n) is 2.01. The summed E-state index contributed by atoms with van der Waals surface area (Å²) in [5.41, 5.74) is 6.16. The van der Waals surface area contributed by atoms with Crippen molar-refractivity contribution >= 4 is 12.3 Å². The third kappa shape index (κ3) is 2.50. The molecule has 0 aliphatic heterocycles. The van der Waals surface area contributed by atoms with Crippen LogP contribution in [-0.4, -0.2) is 18.4 Å². The number of nitrogens with one attached hydrogen (secondary N) is 1. The number of allylic oxidation sites excluding steroid dienone is 3. The number of amides is 2. The zero-order valence-electron chi connectivity index (χ0n) is 7.50. The lowest BCUT2D eigenvalue weighted by Crippen LogP contribution is -2.41. The minimum atomic E-state index is -0.871. The van der Waals surface area contributed by atoms with Gasteiger partial charge in [0.1, 0.15) is 11.9 Å². The molecular formula is C9H11FN2O2. The zero-order valence-corrected chi connectivity index (χ0v) is 7.50. The number of hydrogen-bond acceptors (Lipinski definition) is 3. The van der Waals surface area contributed by atoms with Gasteiger partial charge >= 0.3 is 0 Å². The molecule has 1 aliphatic carbocycles. The second kappa shape index (κ2) is 4.66. The summed E-state index contributed by atoms with van der Waals surface area (Å²) in [6.07, 6.45) is 3.71. The topological polar surface area (TPSA) is 72.2 Å². The lowest BCUT2D eigenvalue weighted by Gasteiger charge is -2.15. The number of halogens is 1. The van der Waals surface area contributed by atoms with Crippen LogP contribution >= 0.6 is 0 Å². The second-order valence-corrected chi connectivity index (χ2v) is 2.96. The third-order valence-corrected chi connectivity index (χ3v) is 2.01. The highest BCUT2D eigenvalue weighted by Gasteiger charge is 2.19. The Balaban J connectivity index is 2.65. The zero-order chi connectivity index (χ0) is 10.6. The van der Waals surface area contributed by atoms with Gasteiger partial charge in [-0.3, -0.25) is 14.9 Å². The van der Waals surface area contributed by atoms with Crippen LogP contribution < -0.4 is 11.1 Å². The molecule has 3 N–H and O–H groups in total. The molecule has 0 radical (unpaired) electrons. The fraction of sp³-hybridized carbons (Fsp3) is 0.333. The van der Waals surface area contributed by atoms with Crippen molar-refractivity contribution in [2.24, 2.45) is 5.73 Å². The molecule has 0 heterocycles. The van der Waals surface area contributed by atoms with E-state index in [0.717, 1.165) is 0 Å². The number of rotatable bonds is 3. The van der Waals surface area contributed by atoms with E-state index in [1.807, 2.05) is 5.32 Å². The van der Waals surface area contributed by atoms with Gasteiger partial charge in [-0.05, 0) is 18.1 Å². The maximum absolute atomic E-state index is 12.6. The summed E-state index contributed by atoms with van der Waals surface area (Å²) in [5, 5.41) is 1.95. The summed E-state index contributed by atoms with van der Waals surface area (Å²) in [7, 11) is 0. The summed E-state index contributed by atoms with van der Waals surface area (Å²) in [4.78, 5) is 21.1. The molecule has 0 unspecified atom stereocenters. The summed E-state index contributed by atoms with van der Waals surface area (Å²) >= 11 is 0. The standard InChI is InChI=1S/C9H11FN2O2/c10-7-3-1-6(2-4-7)8(11)9(14)12-5-13/h1,3,5,8H,2,4,11H2,(H,12,13,14)/t8-/m0/s1. The molecule has 5 heteroatoms. The molecule has 4 nitrogen and oxygen atoms in total. The Morgan fingerprint density at radius 3 is 2.79 bits per heavy atom. The first-order valence-corrected chi connectivity index (χ1v) is 4.20. The number of carbonyl (C=O) groups is 2. The van der Waals surface area contributed by atoms with Crippen molar-refractivity contribution in [3.8, 4) is 0 Å². The molecule has 0 fully saturated rings. The number of imide groups is 1. The van der Waals surface area contributed by atoms with Crippen molar-refractivity contribution in [2.45, 2.75) is 18.9 Å². The monoisotopic (exact) mass is 198 g/mol. The SMILES string of the molecule is N[C@H](C(=O)NC=O)C1=CC=C(F)CC1. The predicted molar refractivity (Wildman–Crippen MR) is 48.7 cm³/mol. The summed E-state index contributed by atoms with van der Waals surface area (Å²) in [5.74, 6) is -0.793. The van der Waals surface area contributed by atoms with Gasteiger partial charge in [0, 0.05) is 6.42 Å². The molecular weight excluding hydrogens is 187 g/mol. The Hall–Kier alpha value is -1.49. The average Bonchev–Trinajstić information content (AvgIpc) is 2.18. The first-order chi connectivity index (χ1) is 6.65. The summed E-state index contributed by atoms with van der Waals surface area (Å²) in [6.45, 7) is 0. The lowest BCUT2D eigenvalue weighted by atomic mass is 9.97. The molecule has 1 rings (SSSR count). The molecule has 0 saturated heterocycles. The van der Waals surface area contributed by atoms with Crippen LogP contribution in [-0.2, 0) is 9.59 Å². The van der Waals surface area contributed by atoms with Gasteiger partial charge in [0.25, 0.3) is 0 Å². The molecule has 0 spiro atoms. The van der Waals surface area contributed by atoms with E-state index in [9.17, 15) is 14.0 Å². The maximum atomic E-state index is 12.6. The minimum absolute atomic E-state index is 0.225. The molecule has 1 aliphatic rings. The first kappa shape index (κ1) is 10.6. The van der Waals surface area contributed by atoms with Crippen molar-refractivity contribution in [3.63, 3.8) is 0 Å². The number of nitrogens with two attached hydrogens (primary N) is 1. The van der Waals surface area contributed by atoms with Gasteiger partial charge in [0.2, 0.25) is 12.3 Å². The van der Waals surface area contributed by atoms with Gasteiger partial charge in [-0.2, -0.15) is 0 Å². The number of carbonyl (C=O) groups excluding carboxylic acids is 2. The Kier molecular flexibility index (Phi) is 3.53. The van der Waals surface area contributed by atoms with Gasteiger partial charge in [-0.15, -0.1) is 0 Å². The summed E-state index contributed by atoms with van der Waals surface area (Å²) in [6, 6.07) is -0.871. The molecule has 14 heavy (non-hydrogen) atoms. The van der Waals surface area contributed by atoms with Crippen LogP contribution in [0.4, 0.5) is 4.39 Å². The van der Waals surface area contributed by atoms with E-state index in [1.165, 1.54) is 12.2 Å². The van der Waals surface area contributed by atoms with Crippen molar-refractivity contribution in [1.82, 2.24) is 5.32 Å². The Morgan fingerprint density at radius 2 is 2.29 bits per heavy atom. The molecule has 76 valence electrons. The molecule has 2 amide bonds. The van der Waals surface area contributed by atoms with E-state index in [4.69, 9.17) is 5.73 Å². The van der Waals surface area contributed by atoms with E-state index in [1.54, 1.807) is 0 Å². The van der Waals surface area contributed by atoms with E-state index < -0.39 is 11.9 Å². The first-order valence-electron chi connectivity index (χ1n) is 4.20. The smallest absolute Gasteiger partial charge is 0.247 e. The molecule has 0 aromatic rings. The van der Waals surface area contributed by atoms with Gasteiger partial charge in [-0.1, -0.05) is 6.08 Å². The molecule has 0 aromatic heterocycles. The minimum Gasteiger partial charge on any atom is -0.316 e. The Morgan fingerprint density at radius 1 is 1.57 bits per heavy atom. The van der Waals surface area contributed by atoms with Crippen LogP contribution in [0.1, 0.15) is 12.8 Å². The molecule has 0 saturated carbocycles. The Labute approximate surface area is 80.7 Å². The van der Waals surface area contributed by atoms with Gasteiger partial charge in [0.15, 0.2) is 0 Å². The van der Waals surface area contributed by atoms with Gasteiger partial charge in [0.05, 0.1) is 0 Å². The second-order valence-electron chi connectivity index (χ2n) is 2.96. The van der Waals surface area contributed by atoms with E-state index in [-0.39, 0.29) is 18.7 Å². The normalized spacial score (nSPS) is 17.9. The van der Waals surface area contributed by atoms with Gasteiger partial charge in [-0.25, -0.2) is 4.39 Å². The van der Waals surface area contributed by atoms with Crippen LogP contribution in [0.15, 0.2) is 23.6 Å². The van der Waals surface area contributed by atoms with Crippen LogP contribution in [0.3, 0.4) is 0 Å². The highest BCUT2D eigenvalue weighted by Crippen LogP contribution is 2.20. The fourth-order valence-electron chi connectivity index (χ4n) is 1.20. The molecule has 0 aromatic carbocycles. The number of hydrogen-bond donors (Lipinski definition) is 2. The van der Waals surface area contributed by atoms with E-state index in [0.29, 0.717) is 12.0 Å². The van der Waals surface area contributed by atoms with E-state index >= 15 is 0 Å². The van der Waals surface area contributed by atoms with E-state index in [2.05, 4.69) is 0 Å². The highest BCUT2D eigenvalue weighted by molar-refractivity contribution is 5.92. The summed E-state index contributed by atoms with van der Waals surface area (Å²) < 4.78 is 12.6. The fourth-order valence-corrected chi connectivity index (χ4v) is 1.20. The predicted octanol–water partition coefficient (Wildman–Crippen LogP) is 0.160. The van der Waals surface area contributed by atoms with Crippen molar-refractivity contribution in [3.05, 3.63) is 23.6 Å². The maximum Gasteiger partial charge on any atom is 0.247 e.